The van der Waals surface area contributed by atoms with Gasteiger partial charge >= 0.3 is 0 Å². The second-order valence-electron chi connectivity index (χ2n) is 6.62. The van der Waals surface area contributed by atoms with Crippen molar-refractivity contribution in [2.45, 2.75) is 46.6 Å². The van der Waals surface area contributed by atoms with Gasteiger partial charge in [-0.25, -0.2) is 0 Å². The summed E-state index contributed by atoms with van der Waals surface area (Å²) in [6.07, 6.45) is 1.76. The molecule has 5 nitrogen and oxygen atoms in total. The highest BCUT2D eigenvalue weighted by atomic mass is 16.5. The van der Waals surface area contributed by atoms with Gasteiger partial charge in [0.1, 0.15) is 6.10 Å². The van der Waals surface area contributed by atoms with Crippen LogP contribution in [0.25, 0.3) is 0 Å². The number of aryl methyl sites for hydroxylation is 1. The molecule has 5 heteroatoms. The van der Waals surface area contributed by atoms with Crippen LogP contribution in [-0.4, -0.2) is 42.5 Å². The average molecular weight is 332 g/mol. The summed E-state index contributed by atoms with van der Waals surface area (Å²) in [7, 11) is 0. The number of piperidine rings is 1. The van der Waals surface area contributed by atoms with Gasteiger partial charge in [0, 0.05) is 30.9 Å². The Labute approximate surface area is 144 Å². The molecule has 1 N–H and O–H groups in total. The topological polar surface area (TPSA) is 58.6 Å². The Morgan fingerprint density at radius 3 is 2.79 bits per heavy atom. The largest absolute Gasteiger partial charge is 0.369 e. The molecule has 1 aliphatic rings. The van der Waals surface area contributed by atoms with E-state index in [0.29, 0.717) is 18.1 Å². The van der Waals surface area contributed by atoms with Crippen molar-refractivity contribution in [3.8, 4) is 0 Å². The third-order valence-electron chi connectivity index (χ3n) is 4.46. The van der Waals surface area contributed by atoms with Gasteiger partial charge in [-0.2, -0.15) is 0 Å². The SMILES string of the molecule is CCO[C@H](C)C(=O)Nc1ccc(C(=O)N2CCC[C@@H](C)C2)cc1C. The maximum absolute atomic E-state index is 12.6. The van der Waals surface area contributed by atoms with Gasteiger partial charge in [-0.3, -0.25) is 9.59 Å². The molecule has 0 bridgehead atoms. The minimum atomic E-state index is -0.495. The molecule has 2 atom stereocenters. The second kappa shape index (κ2) is 8.29. The lowest BCUT2D eigenvalue weighted by atomic mass is 9.99. The Hall–Kier alpha value is -1.88. The molecule has 2 rings (SSSR count). The predicted octanol–water partition coefficient (Wildman–Crippen LogP) is 3.23. The van der Waals surface area contributed by atoms with Gasteiger partial charge < -0.3 is 15.0 Å². The molecule has 1 saturated heterocycles. The van der Waals surface area contributed by atoms with E-state index in [4.69, 9.17) is 4.74 Å². The van der Waals surface area contributed by atoms with E-state index in [9.17, 15) is 9.59 Å². The number of rotatable bonds is 5. The molecule has 1 fully saturated rings. The van der Waals surface area contributed by atoms with E-state index in [2.05, 4.69) is 12.2 Å². The van der Waals surface area contributed by atoms with Crippen LogP contribution in [0, 0.1) is 12.8 Å². The number of hydrogen-bond acceptors (Lipinski definition) is 3. The Morgan fingerprint density at radius 1 is 1.42 bits per heavy atom. The van der Waals surface area contributed by atoms with Crippen LogP contribution in [0.2, 0.25) is 0 Å². The van der Waals surface area contributed by atoms with Crippen molar-refractivity contribution in [1.29, 1.82) is 0 Å². The molecule has 0 aromatic heterocycles. The second-order valence-corrected chi connectivity index (χ2v) is 6.62. The van der Waals surface area contributed by atoms with Gasteiger partial charge in [0.2, 0.25) is 0 Å². The zero-order valence-electron chi connectivity index (χ0n) is 15.1. The Balaban J connectivity index is 2.06. The number of nitrogens with one attached hydrogen (secondary N) is 1. The molecule has 0 saturated carbocycles. The van der Waals surface area contributed by atoms with E-state index in [0.717, 1.165) is 30.8 Å². The molecule has 0 spiro atoms. The van der Waals surface area contributed by atoms with Crippen LogP contribution in [0.1, 0.15) is 49.5 Å². The van der Waals surface area contributed by atoms with Crippen molar-refractivity contribution in [1.82, 2.24) is 4.90 Å². The number of benzene rings is 1. The van der Waals surface area contributed by atoms with E-state index in [-0.39, 0.29) is 11.8 Å². The lowest BCUT2D eigenvalue weighted by molar-refractivity contribution is -0.126. The molecular weight excluding hydrogens is 304 g/mol. The summed E-state index contributed by atoms with van der Waals surface area (Å²) in [6, 6.07) is 5.44. The summed E-state index contributed by atoms with van der Waals surface area (Å²) in [6.45, 7) is 9.81. The van der Waals surface area contributed by atoms with Crippen molar-refractivity contribution in [3.05, 3.63) is 29.3 Å². The number of carbonyl (C=O) groups excluding carboxylic acids is 2. The zero-order valence-corrected chi connectivity index (χ0v) is 15.1. The number of nitrogens with zero attached hydrogens (tertiary/aromatic N) is 1. The number of anilines is 1. The molecule has 0 radical (unpaired) electrons. The molecular formula is C19H28N2O3. The van der Waals surface area contributed by atoms with Crippen LogP contribution in [-0.2, 0) is 9.53 Å². The number of carbonyl (C=O) groups is 2. The third kappa shape index (κ3) is 4.57. The molecule has 0 aliphatic carbocycles. The standard InChI is InChI=1S/C19H28N2O3/c1-5-24-15(4)18(22)20-17-9-8-16(11-14(17)3)19(23)21-10-6-7-13(2)12-21/h8-9,11,13,15H,5-7,10,12H2,1-4H3,(H,20,22)/t13-,15-/m1/s1. The number of hydrogen-bond donors (Lipinski definition) is 1. The number of amides is 2. The summed E-state index contributed by atoms with van der Waals surface area (Å²) >= 11 is 0. The maximum Gasteiger partial charge on any atom is 0.253 e. The minimum Gasteiger partial charge on any atom is -0.369 e. The Morgan fingerprint density at radius 2 is 2.17 bits per heavy atom. The zero-order chi connectivity index (χ0) is 17.7. The van der Waals surface area contributed by atoms with E-state index in [1.807, 2.05) is 24.8 Å². The van der Waals surface area contributed by atoms with Crippen molar-refractivity contribution in [2.75, 3.05) is 25.0 Å². The summed E-state index contributed by atoms with van der Waals surface area (Å²) < 4.78 is 5.29. The van der Waals surface area contributed by atoms with Gasteiger partial charge in [-0.05, 0) is 63.3 Å². The first-order valence-electron chi connectivity index (χ1n) is 8.74. The molecule has 1 aromatic carbocycles. The molecule has 24 heavy (non-hydrogen) atoms. The van der Waals surface area contributed by atoms with Crippen LogP contribution in [0.5, 0.6) is 0 Å². The average Bonchev–Trinajstić information content (AvgIpc) is 2.56. The first-order chi connectivity index (χ1) is 11.4. The normalized spacial score (nSPS) is 19.0. The lowest BCUT2D eigenvalue weighted by Gasteiger charge is -2.31. The van der Waals surface area contributed by atoms with E-state index < -0.39 is 6.10 Å². The van der Waals surface area contributed by atoms with E-state index >= 15 is 0 Å². The van der Waals surface area contributed by atoms with Crippen molar-refractivity contribution >= 4 is 17.5 Å². The monoisotopic (exact) mass is 332 g/mol. The summed E-state index contributed by atoms with van der Waals surface area (Å²) in [5, 5.41) is 2.86. The van der Waals surface area contributed by atoms with Crippen molar-refractivity contribution < 1.29 is 14.3 Å². The predicted molar refractivity (Wildman–Crippen MR) is 95.2 cm³/mol. The van der Waals surface area contributed by atoms with Gasteiger partial charge in [-0.15, -0.1) is 0 Å². The number of ether oxygens (including phenoxy) is 1. The Kier molecular flexibility index (Phi) is 6.37. The first kappa shape index (κ1) is 18.5. The van der Waals surface area contributed by atoms with E-state index in [1.165, 1.54) is 6.42 Å². The van der Waals surface area contributed by atoms with Gasteiger partial charge in [0.25, 0.3) is 11.8 Å². The Bertz CT molecular complexity index is 600. The lowest BCUT2D eigenvalue weighted by Crippen LogP contribution is -2.39. The fourth-order valence-corrected chi connectivity index (χ4v) is 3.05. The highest BCUT2D eigenvalue weighted by Crippen LogP contribution is 2.21. The smallest absolute Gasteiger partial charge is 0.253 e. The van der Waals surface area contributed by atoms with E-state index in [1.54, 1.807) is 19.1 Å². The minimum absolute atomic E-state index is 0.0743. The summed E-state index contributed by atoms with van der Waals surface area (Å²) in [5.74, 6) is 0.455. The van der Waals surface area contributed by atoms with Crippen LogP contribution in [0.4, 0.5) is 5.69 Å². The molecule has 0 unspecified atom stereocenters. The third-order valence-corrected chi connectivity index (χ3v) is 4.46. The highest BCUT2D eigenvalue weighted by Gasteiger charge is 2.22. The summed E-state index contributed by atoms with van der Waals surface area (Å²) in [4.78, 5) is 26.6. The van der Waals surface area contributed by atoms with Gasteiger partial charge in [-0.1, -0.05) is 6.92 Å². The first-order valence-corrected chi connectivity index (χ1v) is 8.74. The molecule has 2 amide bonds. The van der Waals surface area contributed by atoms with Crippen molar-refractivity contribution in [2.24, 2.45) is 5.92 Å². The fraction of sp³-hybridized carbons (Fsp3) is 0.579. The number of likely N-dealkylation sites (tertiary alicyclic amines) is 1. The molecule has 1 aliphatic heterocycles. The summed E-state index contributed by atoms with van der Waals surface area (Å²) in [5.41, 5.74) is 2.27. The maximum atomic E-state index is 12.6. The van der Waals surface area contributed by atoms with Gasteiger partial charge in [0.05, 0.1) is 0 Å². The molecule has 132 valence electrons. The van der Waals surface area contributed by atoms with Crippen LogP contribution < -0.4 is 5.32 Å². The highest BCUT2D eigenvalue weighted by molar-refractivity contribution is 5.97. The molecule has 1 heterocycles. The van der Waals surface area contributed by atoms with Crippen LogP contribution in [0.3, 0.4) is 0 Å². The molecule has 1 aromatic rings. The van der Waals surface area contributed by atoms with Gasteiger partial charge in [0.15, 0.2) is 0 Å². The quantitative estimate of drug-likeness (QED) is 0.900. The fourth-order valence-electron chi connectivity index (χ4n) is 3.05. The van der Waals surface area contributed by atoms with Crippen LogP contribution >= 0.6 is 0 Å². The van der Waals surface area contributed by atoms with Crippen molar-refractivity contribution in [3.63, 3.8) is 0 Å². The van der Waals surface area contributed by atoms with Crippen LogP contribution in [0.15, 0.2) is 18.2 Å².